The highest BCUT2D eigenvalue weighted by molar-refractivity contribution is 5.35. The molecule has 2 rings (SSSR count). The van der Waals surface area contributed by atoms with Crippen molar-refractivity contribution in [3.8, 4) is 5.75 Å². The minimum atomic E-state index is 0.307. The van der Waals surface area contributed by atoms with Crippen LogP contribution in [0.25, 0.3) is 0 Å². The van der Waals surface area contributed by atoms with Crippen LogP contribution in [0, 0.1) is 0 Å². The van der Waals surface area contributed by atoms with Crippen LogP contribution in [0.15, 0.2) is 54.6 Å². The average molecular weight is 269 g/mol. The van der Waals surface area contributed by atoms with E-state index in [4.69, 9.17) is 4.74 Å². The zero-order chi connectivity index (χ0) is 14.2. The van der Waals surface area contributed by atoms with Crippen LogP contribution in [0.5, 0.6) is 5.75 Å². The van der Waals surface area contributed by atoms with Gasteiger partial charge in [0.2, 0.25) is 0 Å². The summed E-state index contributed by atoms with van der Waals surface area (Å²) < 4.78 is 5.98. The van der Waals surface area contributed by atoms with Crippen molar-refractivity contribution in [3.63, 3.8) is 0 Å². The fourth-order valence-electron chi connectivity index (χ4n) is 2.18. The molecular formula is C18H23NO. The first-order chi connectivity index (χ1) is 9.81. The van der Waals surface area contributed by atoms with Crippen molar-refractivity contribution in [1.82, 2.24) is 5.32 Å². The lowest BCUT2D eigenvalue weighted by atomic mass is 10.1. The van der Waals surface area contributed by atoms with E-state index in [2.05, 4.69) is 43.4 Å². The number of rotatable bonds is 7. The summed E-state index contributed by atoms with van der Waals surface area (Å²) in [7, 11) is 0. The van der Waals surface area contributed by atoms with Crippen LogP contribution < -0.4 is 10.1 Å². The fraction of sp³-hybridized carbons (Fsp3) is 0.333. The first-order valence-corrected chi connectivity index (χ1v) is 7.30. The Morgan fingerprint density at radius 2 is 1.70 bits per heavy atom. The minimum absolute atomic E-state index is 0.307. The molecule has 0 aliphatic rings. The molecule has 1 N–H and O–H groups in total. The molecule has 2 heteroatoms. The number of nitrogens with one attached hydrogen (secondary N) is 1. The number of para-hydroxylation sites is 1. The van der Waals surface area contributed by atoms with Gasteiger partial charge in [0.05, 0.1) is 0 Å². The molecule has 0 aromatic heterocycles. The van der Waals surface area contributed by atoms with E-state index in [-0.39, 0.29) is 0 Å². The quantitative estimate of drug-likeness (QED) is 0.808. The van der Waals surface area contributed by atoms with Gasteiger partial charge < -0.3 is 10.1 Å². The van der Waals surface area contributed by atoms with E-state index in [1.807, 2.05) is 30.3 Å². The lowest BCUT2D eigenvalue weighted by Crippen LogP contribution is -2.19. The normalized spacial score (nSPS) is 12.1. The third-order valence-corrected chi connectivity index (χ3v) is 3.32. The third kappa shape index (κ3) is 4.10. The van der Waals surface area contributed by atoms with Crippen LogP contribution in [0.4, 0.5) is 0 Å². The minimum Gasteiger partial charge on any atom is -0.489 e. The van der Waals surface area contributed by atoms with Crippen molar-refractivity contribution in [2.45, 2.75) is 32.9 Å². The largest absolute Gasteiger partial charge is 0.489 e. The second kappa shape index (κ2) is 7.71. The van der Waals surface area contributed by atoms with E-state index in [0.29, 0.717) is 12.6 Å². The van der Waals surface area contributed by atoms with Crippen molar-refractivity contribution in [3.05, 3.63) is 65.7 Å². The summed E-state index contributed by atoms with van der Waals surface area (Å²) in [5.41, 5.74) is 2.41. The first kappa shape index (κ1) is 14.6. The zero-order valence-corrected chi connectivity index (χ0v) is 12.3. The molecule has 1 atom stereocenters. The first-order valence-electron chi connectivity index (χ1n) is 7.30. The molecular weight excluding hydrogens is 246 g/mol. The smallest absolute Gasteiger partial charge is 0.124 e. The molecule has 20 heavy (non-hydrogen) atoms. The Balaban J connectivity index is 2.04. The zero-order valence-electron chi connectivity index (χ0n) is 12.3. The molecule has 0 aliphatic carbocycles. The molecule has 0 fully saturated rings. The Kier molecular flexibility index (Phi) is 5.63. The Hall–Kier alpha value is -1.80. The van der Waals surface area contributed by atoms with E-state index in [9.17, 15) is 0 Å². The molecule has 1 unspecified atom stereocenters. The van der Waals surface area contributed by atoms with Crippen molar-refractivity contribution >= 4 is 0 Å². The Morgan fingerprint density at radius 3 is 2.45 bits per heavy atom. The van der Waals surface area contributed by atoms with Crippen LogP contribution in [0.3, 0.4) is 0 Å². The summed E-state index contributed by atoms with van der Waals surface area (Å²) >= 11 is 0. The highest BCUT2D eigenvalue weighted by Crippen LogP contribution is 2.25. The maximum atomic E-state index is 5.98. The average Bonchev–Trinajstić information content (AvgIpc) is 2.52. The Labute approximate surface area is 121 Å². The summed E-state index contributed by atoms with van der Waals surface area (Å²) in [6, 6.07) is 18.8. The molecule has 0 saturated heterocycles. The Bertz CT molecular complexity index is 510. The molecule has 0 bridgehead atoms. The van der Waals surface area contributed by atoms with E-state index in [1.165, 1.54) is 11.1 Å². The van der Waals surface area contributed by atoms with Gasteiger partial charge in [-0.2, -0.15) is 0 Å². The van der Waals surface area contributed by atoms with Crippen molar-refractivity contribution in [1.29, 1.82) is 0 Å². The van der Waals surface area contributed by atoms with Crippen LogP contribution in [-0.2, 0) is 6.61 Å². The van der Waals surface area contributed by atoms with Crippen molar-refractivity contribution in [2.75, 3.05) is 6.54 Å². The number of benzene rings is 2. The molecule has 0 spiro atoms. The van der Waals surface area contributed by atoms with Gasteiger partial charge in [0.15, 0.2) is 0 Å². The van der Waals surface area contributed by atoms with Gasteiger partial charge in [-0.1, -0.05) is 55.5 Å². The summed E-state index contributed by atoms with van der Waals surface area (Å²) in [5.74, 6) is 0.965. The van der Waals surface area contributed by atoms with E-state index in [0.717, 1.165) is 18.7 Å². The monoisotopic (exact) mass is 269 g/mol. The van der Waals surface area contributed by atoms with Crippen molar-refractivity contribution in [2.24, 2.45) is 0 Å². The van der Waals surface area contributed by atoms with Gasteiger partial charge in [0, 0.05) is 11.6 Å². The topological polar surface area (TPSA) is 21.3 Å². The van der Waals surface area contributed by atoms with E-state index in [1.54, 1.807) is 0 Å². The van der Waals surface area contributed by atoms with Gasteiger partial charge in [0.25, 0.3) is 0 Å². The van der Waals surface area contributed by atoms with Crippen molar-refractivity contribution < 1.29 is 4.74 Å². The number of hydrogen-bond acceptors (Lipinski definition) is 2. The Morgan fingerprint density at radius 1 is 1.00 bits per heavy atom. The van der Waals surface area contributed by atoms with Crippen LogP contribution in [-0.4, -0.2) is 6.54 Å². The molecule has 0 radical (unpaired) electrons. The summed E-state index contributed by atoms with van der Waals surface area (Å²) in [5, 5.41) is 3.51. The molecule has 2 nitrogen and oxygen atoms in total. The molecule has 106 valence electrons. The maximum Gasteiger partial charge on any atom is 0.124 e. The summed E-state index contributed by atoms with van der Waals surface area (Å²) in [6.07, 6.45) is 1.14. The number of hydrogen-bond donors (Lipinski definition) is 1. The van der Waals surface area contributed by atoms with E-state index >= 15 is 0 Å². The second-order valence-corrected chi connectivity index (χ2v) is 4.99. The van der Waals surface area contributed by atoms with Gasteiger partial charge in [0.1, 0.15) is 12.4 Å². The fourth-order valence-corrected chi connectivity index (χ4v) is 2.18. The lowest BCUT2D eigenvalue weighted by Gasteiger charge is -2.18. The van der Waals surface area contributed by atoms with Crippen LogP contribution in [0.1, 0.15) is 37.4 Å². The standard InChI is InChI=1S/C18H23NO/c1-3-13-19-15(2)17-11-7-8-12-18(17)20-14-16-9-5-4-6-10-16/h4-12,15,19H,3,13-14H2,1-2H3. The van der Waals surface area contributed by atoms with Gasteiger partial charge in [-0.05, 0) is 31.5 Å². The van der Waals surface area contributed by atoms with Gasteiger partial charge in [-0.3, -0.25) is 0 Å². The molecule has 0 amide bonds. The predicted molar refractivity (Wildman–Crippen MR) is 83.9 cm³/mol. The second-order valence-electron chi connectivity index (χ2n) is 4.99. The third-order valence-electron chi connectivity index (χ3n) is 3.32. The van der Waals surface area contributed by atoms with Gasteiger partial charge in [-0.25, -0.2) is 0 Å². The SMILES string of the molecule is CCCNC(C)c1ccccc1OCc1ccccc1. The molecule has 2 aromatic carbocycles. The maximum absolute atomic E-state index is 5.98. The molecule has 2 aromatic rings. The molecule has 0 saturated carbocycles. The van der Waals surface area contributed by atoms with E-state index < -0.39 is 0 Å². The van der Waals surface area contributed by atoms with Gasteiger partial charge in [-0.15, -0.1) is 0 Å². The van der Waals surface area contributed by atoms with Gasteiger partial charge >= 0.3 is 0 Å². The molecule has 0 aliphatic heterocycles. The molecule has 0 heterocycles. The summed E-state index contributed by atoms with van der Waals surface area (Å²) in [4.78, 5) is 0. The highest BCUT2D eigenvalue weighted by atomic mass is 16.5. The van der Waals surface area contributed by atoms with Crippen LogP contribution in [0.2, 0.25) is 0 Å². The lowest BCUT2D eigenvalue weighted by molar-refractivity contribution is 0.299. The predicted octanol–water partition coefficient (Wildman–Crippen LogP) is 4.33. The highest BCUT2D eigenvalue weighted by Gasteiger charge is 2.10. The number of ether oxygens (including phenoxy) is 1. The summed E-state index contributed by atoms with van der Waals surface area (Å²) in [6.45, 7) is 5.99. The van der Waals surface area contributed by atoms with Crippen LogP contribution >= 0.6 is 0 Å².